The Morgan fingerprint density at radius 3 is 2.67 bits per heavy atom. The van der Waals surface area contributed by atoms with Gasteiger partial charge >= 0.3 is 0 Å². The van der Waals surface area contributed by atoms with E-state index < -0.39 is 0 Å². The molecule has 0 bridgehead atoms. The average Bonchev–Trinajstić information content (AvgIpc) is 2.77. The summed E-state index contributed by atoms with van der Waals surface area (Å²) in [4.78, 5) is 19.4. The molecule has 0 aliphatic carbocycles. The highest BCUT2D eigenvalue weighted by atomic mass is 32.1. The summed E-state index contributed by atoms with van der Waals surface area (Å²) >= 11 is 0. The number of nitrogens with one attached hydrogen (secondary N) is 1. The van der Waals surface area contributed by atoms with Crippen LogP contribution >= 0.6 is 13.5 Å². The first-order valence-corrected chi connectivity index (χ1v) is 9.56. The molecule has 1 aliphatic rings. The number of hydrogen-bond donors (Lipinski definition) is 1. The van der Waals surface area contributed by atoms with Crippen LogP contribution in [0.2, 0.25) is 0 Å². The number of pyridine rings is 2. The first-order chi connectivity index (χ1) is 14.1. The minimum absolute atomic E-state index is 0. The van der Waals surface area contributed by atoms with Crippen molar-refractivity contribution in [2.24, 2.45) is 0 Å². The molecule has 0 aromatic carbocycles. The number of rotatable bonds is 6. The number of fused-ring (bicyclic) bond motifs is 1. The van der Waals surface area contributed by atoms with Gasteiger partial charge in [0, 0.05) is 56.1 Å². The van der Waals surface area contributed by atoms with Crippen molar-refractivity contribution in [1.82, 2.24) is 19.9 Å². The van der Waals surface area contributed by atoms with Gasteiger partial charge in [0.1, 0.15) is 31.2 Å². The van der Waals surface area contributed by atoms with E-state index in [2.05, 4.69) is 32.2 Å². The van der Waals surface area contributed by atoms with Crippen molar-refractivity contribution in [2.45, 2.75) is 12.8 Å². The first-order valence-electron chi connectivity index (χ1n) is 9.56. The Kier molecular flexibility index (Phi) is 6.94. The van der Waals surface area contributed by atoms with Crippen LogP contribution in [-0.2, 0) is 0 Å². The van der Waals surface area contributed by atoms with E-state index in [1.54, 1.807) is 12.5 Å². The summed E-state index contributed by atoms with van der Waals surface area (Å²) in [6.45, 7) is 3.90. The zero-order chi connectivity index (χ0) is 20.2. The predicted molar refractivity (Wildman–Crippen MR) is 122 cm³/mol. The zero-order valence-electron chi connectivity index (χ0n) is 17.3. The lowest BCUT2D eigenvalue weighted by Crippen LogP contribution is -2.19. The minimum atomic E-state index is 0. The van der Waals surface area contributed by atoms with Crippen molar-refractivity contribution in [3.63, 3.8) is 0 Å². The van der Waals surface area contributed by atoms with E-state index in [4.69, 9.17) is 9.47 Å². The second-order valence-corrected chi connectivity index (χ2v) is 7.10. The fraction of sp³-hybridized carbons (Fsp3) is 0.333. The van der Waals surface area contributed by atoms with E-state index in [0.29, 0.717) is 25.6 Å². The van der Waals surface area contributed by atoms with Gasteiger partial charge in [0.2, 0.25) is 0 Å². The fourth-order valence-corrected chi connectivity index (χ4v) is 3.14. The Hall–Kier alpha value is -3.07. The molecule has 8 nitrogen and oxygen atoms in total. The topological polar surface area (TPSA) is 85.3 Å². The van der Waals surface area contributed by atoms with Crippen molar-refractivity contribution < 1.29 is 9.47 Å². The molecule has 9 heteroatoms. The first kappa shape index (κ1) is 21.6. The summed E-state index contributed by atoms with van der Waals surface area (Å²) in [6.07, 6.45) is 5.14. The number of aromatic nitrogens is 4. The maximum absolute atomic E-state index is 5.78. The Morgan fingerprint density at radius 2 is 1.90 bits per heavy atom. The molecule has 0 radical (unpaired) electrons. The third kappa shape index (κ3) is 4.73. The minimum Gasteiger partial charge on any atom is -0.484 e. The van der Waals surface area contributed by atoms with Crippen molar-refractivity contribution in [3.05, 3.63) is 48.5 Å². The SMILES string of the molecule is C[C@H](CNc1cc(-c2ccc(N(C)C)nc2)ncn1)c1ccnc2c1OCCO2.S. The highest BCUT2D eigenvalue weighted by Gasteiger charge is 2.20. The van der Waals surface area contributed by atoms with Crippen LogP contribution in [-0.4, -0.2) is 53.8 Å². The molecule has 30 heavy (non-hydrogen) atoms. The molecule has 1 N–H and O–H groups in total. The maximum Gasteiger partial charge on any atom is 0.257 e. The number of nitrogens with zero attached hydrogens (tertiary/aromatic N) is 5. The van der Waals surface area contributed by atoms with Crippen LogP contribution in [0.5, 0.6) is 11.6 Å². The van der Waals surface area contributed by atoms with Crippen LogP contribution < -0.4 is 19.7 Å². The van der Waals surface area contributed by atoms with Gasteiger partial charge in [0.15, 0.2) is 5.75 Å². The predicted octanol–water partition coefficient (Wildman–Crippen LogP) is 3.10. The Morgan fingerprint density at radius 1 is 1.07 bits per heavy atom. The fourth-order valence-electron chi connectivity index (χ4n) is 3.14. The average molecular weight is 427 g/mol. The summed E-state index contributed by atoms with van der Waals surface area (Å²) < 4.78 is 11.4. The van der Waals surface area contributed by atoms with Gasteiger partial charge in [-0.05, 0) is 18.2 Å². The lowest BCUT2D eigenvalue weighted by molar-refractivity contribution is 0.162. The molecule has 0 saturated heterocycles. The van der Waals surface area contributed by atoms with Crippen LogP contribution in [0.4, 0.5) is 11.6 Å². The normalized spacial score (nSPS) is 13.2. The number of ether oxygens (including phenoxy) is 2. The van der Waals surface area contributed by atoms with Crippen molar-refractivity contribution in [1.29, 1.82) is 0 Å². The summed E-state index contributed by atoms with van der Waals surface area (Å²) in [5.41, 5.74) is 2.84. The summed E-state index contributed by atoms with van der Waals surface area (Å²) in [5.74, 6) is 3.16. The van der Waals surface area contributed by atoms with Gasteiger partial charge in [-0.25, -0.2) is 19.9 Å². The van der Waals surface area contributed by atoms with Gasteiger partial charge in [-0.1, -0.05) is 6.92 Å². The van der Waals surface area contributed by atoms with E-state index in [1.165, 1.54) is 0 Å². The molecule has 1 aliphatic heterocycles. The molecule has 0 amide bonds. The third-order valence-electron chi connectivity index (χ3n) is 4.76. The quantitative estimate of drug-likeness (QED) is 0.644. The summed E-state index contributed by atoms with van der Waals surface area (Å²) in [5, 5.41) is 3.39. The molecule has 3 aromatic rings. The van der Waals surface area contributed by atoms with E-state index >= 15 is 0 Å². The Bertz CT molecular complexity index is 983. The Labute approximate surface area is 183 Å². The smallest absolute Gasteiger partial charge is 0.257 e. The molecular weight excluding hydrogens is 400 g/mol. The maximum atomic E-state index is 5.78. The number of anilines is 2. The molecule has 0 spiro atoms. The standard InChI is InChI=1S/C21H24N6O2.H2S/c1-14(16-6-7-22-21-20(16)28-8-9-29-21)11-23-18-10-17(25-13-26-18)15-4-5-19(24-12-15)27(2)3;/h4-7,10,12-14H,8-9,11H2,1-3H3,(H,23,25,26);1H2/t14-;/m1./s1. The van der Waals surface area contributed by atoms with Crippen molar-refractivity contribution in [2.75, 3.05) is 44.1 Å². The Balaban J connectivity index is 0.00000256. The van der Waals surface area contributed by atoms with Gasteiger partial charge in [0.25, 0.3) is 5.88 Å². The van der Waals surface area contributed by atoms with Crippen molar-refractivity contribution in [3.8, 4) is 22.9 Å². The third-order valence-corrected chi connectivity index (χ3v) is 4.76. The molecule has 1 atom stereocenters. The summed E-state index contributed by atoms with van der Waals surface area (Å²) in [7, 11) is 3.93. The van der Waals surface area contributed by atoms with Crippen LogP contribution in [0.3, 0.4) is 0 Å². The summed E-state index contributed by atoms with van der Waals surface area (Å²) in [6, 6.07) is 7.89. The molecule has 158 valence electrons. The van der Waals surface area contributed by atoms with Gasteiger partial charge < -0.3 is 19.7 Å². The van der Waals surface area contributed by atoms with Gasteiger partial charge in [-0.2, -0.15) is 13.5 Å². The van der Waals surface area contributed by atoms with Crippen LogP contribution in [0.1, 0.15) is 18.4 Å². The van der Waals surface area contributed by atoms with Crippen LogP contribution in [0, 0.1) is 0 Å². The second kappa shape index (κ2) is 9.62. The molecule has 4 heterocycles. The van der Waals surface area contributed by atoms with Gasteiger partial charge in [0.05, 0.1) is 5.69 Å². The molecule has 0 fully saturated rings. The largest absolute Gasteiger partial charge is 0.484 e. The van der Waals surface area contributed by atoms with Gasteiger partial charge in [-0.3, -0.25) is 0 Å². The van der Waals surface area contributed by atoms with Crippen LogP contribution in [0.25, 0.3) is 11.3 Å². The molecule has 0 unspecified atom stereocenters. The molecule has 3 aromatic heterocycles. The van der Waals surface area contributed by atoms with E-state index in [1.807, 2.05) is 49.5 Å². The lowest BCUT2D eigenvalue weighted by Gasteiger charge is -2.22. The van der Waals surface area contributed by atoms with E-state index in [0.717, 1.165) is 34.2 Å². The zero-order valence-corrected chi connectivity index (χ0v) is 18.3. The van der Waals surface area contributed by atoms with Gasteiger partial charge in [-0.15, -0.1) is 0 Å². The highest BCUT2D eigenvalue weighted by Crippen LogP contribution is 2.35. The molecule has 0 saturated carbocycles. The molecular formula is C21H26N6O2S. The number of hydrogen-bond acceptors (Lipinski definition) is 8. The monoisotopic (exact) mass is 426 g/mol. The highest BCUT2D eigenvalue weighted by molar-refractivity contribution is 7.59. The van der Waals surface area contributed by atoms with Crippen LogP contribution in [0.15, 0.2) is 43.0 Å². The second-order valence-electron chi connectivity index (χ2n) is 7.10. The van der Waals surface area contributed by atoms with Crippen molar-refractivity contribution >= 4 is 25.1 Å². The van der Waals surface area contributed by atoms with E-state index in [9.17, 15) is 0 Å². The molecule has 4 rings (SSSR count). The van der Waals surface area contributed by atoms with E-state index in [-0.39, 0.29) is 19.4 Å². The lowest BCUT2D eigenvalue weighted by atomic mass is 10.0.